The zero-order valence-electron chi connectivity index (χ0n) is 16.9. The van der Waals surface area contributed by atoms with Crippen molar-refractivity contribution in [2.75, 3.05) is 5.75 Å². The fourth-order valence-electron chi connectivity index (χ4n) is 3.90. The SMILES string of the molecule is Cn1cc(SCC(=O)N2N=C(c3cccs3)C[C@@H]2c2ccc(F)cc2)c2ccccc21. The Morgan fingerprint density at radius 3 is 2.74 bits per heavy atom. The molecular formula is C24H20FN3OS2. The lowest BCUT2D eigenvalue weighted by molar-refractivity contribution is -0.130. The first-order valence-corrected chi connectivity index (χ1v) is 11.8. The number of thioether (sulfide) groups is 1. The molecule has 5 rings (SSSR count). The number of hydrazone groups is 1. The zero-order valence-corrected chi connectivity index (χ0v) is 18.5. The molecule has 0 radical (unpaired) electrons. The van der Waals surface area contributed by atoms with Crippen LogP contribution in [0.3, 0.4) is 0 Å². The van der Waals surface area contributed by atoms with Crippen LogP contribution in [0.2, 0.25) is 0 Å². The summed E-state index contributed by atoms with van der Waals surface area (Å²) < 4.78 is 15.5. The number of hydrogen-bond acceptors (Lipinski definition) is 4. The van der Waals surface area contributed by atoms with E-state index in [1.807, 2.05) is 36.7 Å². The van der Waals surface area contributed by atoms with Crippen molar-refractivity contribution in [3.63, 3.8) is 0 Å². The number of fused-ring (bicyclic) bond motifs is 1. The Kier molecular flexibility index (Phi) is 5.38. The standard InChI is InChI=1S/C24H20FN3OS2/c1-27-14-23(18-5-2-3-6-20(18)27)31-15-24(29)28-21(16-8-10-17(25)11-9-16)13-19(26-28)22-7-4-12-30-22/h2-12,14,21H,13,15H2,1H3/t21-/m1/s1. The first kappa shape index (κ1) is 20.0. The largest absolute Gasteiger partial charge is 0.349 e. The summed E-state index contributed by atoms with van der Waals surface area (Å²) in [4.78, 5) is 15.4. The van der Waals surface area contributed by atoms with Gasteiger partial charge in [-0.15, -0.1) is 23.1 Å². The Bertz CT molecular complexity index is 1260. The van der Waals surface area contributed by atoms with E-state index in [1.54, 1.807) is 28.5 Å². The number of carbonyl (C=O) groups excluding carboxylic acids is 1. The van der Waals surface area contributed by atoms with Crippen LogP contribution >= 0.6 is 23.1 Å². The van der Waals surface area contributed by atoms with Gasteiger partial charge in [0, 0.05) is 35.5 Å². The van der Waals surface area contributed by atoms with Gasteiger partial charge in [-0.1, -0.05) is 36.4 Å². The van der Waals surface area contributed by atoms with Crippen LogP contribution in [0.1, 0.15) is 22.9 Å². The molecule has 2 aromatic heterocycles. The predicted molar refractivity (Wildman–Crippen MR) is 125 cm³/mol. The Balaban J connectivity index is 1.40. The Morgan fingerprint density at radius 1 is 1.16 bits per heavy atom. The van der Waals surface area contributed by atoms with Crippen LogP contribution in [0, 0.1) is 5.82 Å². The maximum atomic E-state index is 13.5. The third kappa shape index (κ3) is 3.91. The van der Waals surface area contributed by atoms with Gasteiger partial charge < -0.3 is 4.57 Å². The van der Waals surface area contributed by atoms with E-state index < -0.39 is 0 Å². The number of amides is 1. The Morgan fingerprint density at radius 2 is 1.97 bits per heavy atom. The normalized spacial score (nSPS) is 16.1. The van der Waals surface area contributed by atoms with Crippen molar-refractivity contribution < 1.29 is 9.18 Å². The lowest BCUT2D eigenvalue weighted by atomic mass is 10.0. The molecule has 0 bridgehead atoms. The minimum atomic E-state index is -0.287. The molecule has 2 aromatic carbocycles. The maximum absolute atomic E-state index is 13.5. The van der Waals surface area contributed by atoms with Gasteiger partial charge in [0.1, 0.15) is 5.82 Å². The molecule has 1 aliphatic rings. The Labute approximate surface area is 188 Å². The molecule has 156 valence electrons. The van der Waals surface area contributed by atoms with Gasteiger partial charge in [-0.25, -0.2) is 9.40 Å². The van der Waals surface area contributed by atoms with Crippen molar-refractivity contribution in [2.24, 2.45) is 12.1 Å². The van der Waals surface area contributed by atoms with Crippen molar-refractivity contribution in [3.05, 3.63) is 88.5 Å². The first-order chi connectivity index (χ1) is 15.1. The van der Waals surface area contributed by atoms with Crippen LogP contribution in [0.4, 0.5) is 4.39 Å². The van der Waals surface area contributed by atoms with Crippen LogP contribution in [-0.2, 0) is 11.8 Å². The number of benzene rings is 2. The fourth-order valence-corrected chi connectivity index (χ4v) is 5.59. The summed E-state index contributed by atoms with van der Waals surface area (Å²) in [7, 11) is 2.01. The predicted octanol–water partition coefficient (Wildman–Crippen LogP) is 5.85. The monoisotopic (exact) mass is 449 g/mol. The molecule has 4 nitrogen and oxygen atoms in total. The maximum Gasteiger partial charge on any atom is 0.253 e. The van der Waals surface area contributed by atoms with Crippen molar-refractivity contribution in [1.29, 1.82) is 0 Å². The summed E-state index contributed by atoms with van der Waals surface area (Å²) in [5.41, 5.74) is 2.92. The van der Waals surface area contributed by atoms with Gasteiger partial charge in [0.2, 0.25) is 0 Å². The lowest BCUT2D eigenvalue weighted by Gasteiger charge is -2.22. The van der Waals surface area contributed by atoms with Crippen LogP contribution in [0.15, 0.2) is 82.2 Å². The molecule has 0 fully saturated rings. The van der Waals surface area contributed by atoms with Crippen molar-refractivity contribution >= 4 is 45.6 Å². The fraction of sp³-hybridized carbons (Fsp3) is 0.167. The van der Waals surface area contributed by atoms with E-state index in [2.05, 4.69) is 28.0 Å². The quantitative estimate of drug-likeness (QED) is 0.359. The molecule has 4 aromatic rings. The Hall–Kier alpha value is -2.90. The van der Waals surface area contributed by atoms with E-state index in [-0.39, 0.29) is 23.5 Å². The molecular weight excluding hydrogens is 429 g/mol. The molecule has 0 unspecified atom stereocenters. The van der Waals surface area contributed by atoms with E-state index in [9.17, 15) is 9.18 Å². The van der Waals surface area contributed by atoms with Crippen LogP contribution in [0.25, 0.3) is 10.9 Å². The summed E-state index contributed by atoms with van der Waals surface area (Å²) in [6, 6.07) is 18.3. The smallest absolute Gasteiger partial charge is 0.253 e. The highest BCUT2D eigenvalue weighted by molar-refractivity contribution is 8.00. The molecule has 7 heteroatoms. The van der Waals surface area contributed by atoms with Crippen LogP contribution in [-0.4, -0.2) is 26.9 Å². The number of aromatic nitrogens is 1. The zero-order chi connectivity index (χ0) is 21.4. The molecule has 0 spiro atoms. The molecule has 0 N–H and O–H groups in total. The number of hydrogen-bond donors (Lipinski definition) is 0. The number of para-hydroxylation sites is 1. The summed E-state index contributed by atoms with van der Waals surface area (Å²) >= 11 is 3.14. The third-order valence-electron chi connectivity index (χ3n) is 5.44. The van der Waals surface area contributed by atoms with Gasteiger partial charge in [0.05, 0.1) is 22.4 Å². The number of carbonyl (C=O) groups is 1. The van der Waals surface area contributed by atoms with E-state index >= 15 is 0 Å². The number of rotatable bonds is 5. The number of thiophene rings is 1. The van der Waals surface area contributed by atoms with Gasteiger partial charge in [-0.3, -0.25) is 4.79 Å². The third-order valence-corrected chi connectivity index (χ3v) is 7.38. The average Bonchev–Trinajstić information content (AvgIpc) is 3.52. The summed E-state index contributed by atoms with van der Waals surface area (Å²) in [5.74, 6) is -0.0586. The van der Waals surface area contributed by atoms with Gasteiger partial charge >= 0.3 is 0 Å². The van der Waals surface area contributed by atoms with E-state index in [0.717, 1.165) is 32.0 Å². The highest BCUT2D eigenvalue weighted by Crippen LogP contribution is 2.35. The van der Waals surface area contributed by atoms with E-state index in [1.165, 1.54) is 23.9 Å². The second-order valence-electron chi connectivity index (χ2n) is 7.44. The topological polar surface area (TPSA) is 37.6 Å². The van der Waals surface area contributed by atoms with Gasteiger partial charge in [0.15, 0.2) is 0 Å². The minimum Gasteiger partial charge on any atom is -0.349 e. The van der Waals surface area contributed by atoms with Gasteiger partial charge in [-0.05, 0) is 35.2 Å². The molecule has 1 amide bonds. The number of halogens is 1. The highest BCUT2D eigenvalue weighted by Gasteiger charge is 2.33. The summed E-state index contributed by atoms with van der Waals surface area (Å²) in [5, 5.41) is 9.42. The summed E-state index contributed by atoms with van der Waals surface area (Å²) in [6.45, 7) is 0. The summed E-state index contributed by atoms with van der Waals surface area (Å²) in [6.07, 6.45) is 2.68. The van der Waals surface area contributed by atoms with Crippen LogP contribution in [0.5, 0.6) is 0 Å². The lowest BCUT2D eigenvalue weighted by Crippen LogP contribution is -2.28. The molecule has 0 aliphatic carbocycles. The van der Waals surface area contributed by atoms with Crippen LogP contribution < -0.4 is 0 Å². The first-order valence-electron chi connectivity index (χ1n) is 9.96. The van der Waals surface area contributed by atoms with E-state index in [0.29, 0.717) is 6.42 Å². The van der Waals surface area contributed by atoms with Crippen molar-refractivity contribution in [3.8, 4) is 0 Å². The molecule has 1 aliphatic heterocycles. The molecule has 31 heavy (non-hydrogen) atoms. The number of aryl methyl sites for hydroxylation is 1. The second kappa shape index (κ2) is 8.32. The number of nitrogens with zero attached hydrogens (tertiary/aromatic N) is 3. The van der Waals surface area contributed by atoms with Crippen molar-refractivity contribution in [1.82, 2.24) is 9.58 Å². The van der Waals surface area contributed by atoms with Gasteiger partial charge in [-0.2, -0.15) is 5.10 Å². The molecule has 0 saturated carbocycles. The van der Waals surface area contributed by atoms with Gasteiger partial charge in [0.25, 0.3) is 5.91 Å². The highest BCUT2D eigenvalue weighted by atomic mass is 32.2. The average molecular weight is 450 g/mol. The molecule has 3 heterocycles. The molecule has 0 saturated heterocycles. The second-order valence-corrected chi connectivity index (χ2v) is 9.41. The molecule has 1 atom stereocenters. The van der Waals surface area contributed by atoms with Crippen molar-refractivity contribution in [2.45, 2.75) is 17.4 Å². The van der Waals surface area contributed by atoms with E-state index in [4.69, 9.17) is 0 Å². The minimum absolute atomic E-state index is 0.0567.